The molecule has 0 aromatic rings. The first-order valence-electron chi connectivity index (χ1n) is 8.77. The normalized spacial score (nSPS) is 25.9. The summed E-state index contributed by atoms with van der Waals surface area (Å²) in [6.45, 7) is 3.80. The van der Waals surface area contributed by atoms with E-state index in [2.05, 4.69) is 5.32 Å². The van der Waals surface area contributed by atoms with Gasteiger partial charge in [0.05, 0.1) is 0 Å². The molecule has 2 amide bonds. The van der Waals surface area contributed by atoms with Crippen molar-refractivity contribution in [2.24, 2.45) is 17.8 Å². The highest BCUT2D eigenvalue weighted by Crippen LogP contribution is 2.32. The molecule has 0 radical (unpaired) electrons. The highest BCUT2D eigenvalue weighted by Gasteiger charge is 2.38. The quantitative estimate of drug-likeness (QED) is 0.777. The largest absolute Gasteiger partial charge is 0.481 e. The summed E-state index contributed by atoms with van der Waals surface area (Å²) >= 11 is 0. The molecule has 1 aliphatic carbocycles. The van der Waals surface area contributed by atoms with Crippen LogP contribution in [0.15, 0.2) is 0 Å². The Morgan fingerprint density at radius 3 is 2.30 bits per heavy atom. The van der Waals surface area contributed by atoms with Gasteiger partial charge < -0.3 is 15.3 Å². The zero-order valence-electron chi connectivity index (χ0n) is 13.9. The highest BCUT2D eigenvalue weighted by molar-refractivity contribution is 5.88. The Morgan fingerprint density at radius 2 is 1.70 bits per heavy atom. The summed E-state index contributed by atoms with van der Waals surface area (Å²) in [5.41, 5.74) is 0. The number of carbonyl (C=O) groups excluding carboxylic acids is 2. The summed E-state index contributed by atoms with van der Waals surface area (Å²) < 4.78 is 0. The number of hydrogen-bond donors (Lipinski definition) is 2. The van der Waals surface area contributed by atoms with Crippen molar-refractivity contribution in [3.8, 4) is 0 Å². The van der Waals surface area contributed by atoms with E-state index in [0.717, 1.165) is 51.6 Å². The number of hydrogen-bond acceptors (Lipinski definition) is 3. The Morgan fingerprint density at radius 1 is 1.09 bits per heavy atom. The van der Waals surface area contributed by atoms with Crippen LogP contribution in [0.2, 0.25) is 0 Å². The molecule has 6 nitrogen and oxygen atoms in total. The number of nitrogens with zero attached hydrogens (tertiary/aromatic N) is 1. The smallest absolute Gasteiger partial charge is 0.303 e. The lowest BCUT2D eigenvalue weighted by Gasteiger charge is -2.32. The molecule has 23 heavy (non-hydrogen) atoms. The molecule has 0 bridgehead atoms. The van der Waals surface area contributed by atoms with Crippen molar-refractivity contribution in [1.29, 1.82) is 0 Å². The van der Waals surface area contributed by atoms with Gasteiger partial charge in [0, 0.05) is 37.9 Å². The van der Waals surface area contributed by atoms with Crippen molar-refractivity contribution in [2.45, 2.75) is 51.9 Å². The highest BCUT2D eigenvalue weighted by atomic mass is 16.4. The van der Waals surface area contributed by atoms with Gasteiger partial charge in [-0.25, -0.2) is 0 Å². The number of likely N-dealkylation sites (tertiary alicyclic amines) is 1. The maximum absolute atomic E-state index is 12.7. The molecule has 6 heteroatoms. The zero-order valence-corrected chi connectivity index (χ0v) is 13.9. The van der Waals surface area contributed by atoms with Crippen molar-refractivity contribution < 1.29 is 19.5 Å². The minimum Gasteiger partial charge on any atom is -0.481 e. The number of rotatable bonds is 6. The molecule has 2 aliphatic rings. The monoisotopic (exact) mass is 324 g/mol. The molecule has 2 N–H and O–H groups in total. The number of nitrogens with one attached hydrogen (secondary N) is 1. The van der Waals surface area contributed by atoms with Crippen LogP contribution in [0.4, 0.5) is 0 Å². The molecule has 2 fully saturated rings. The summed E-state index contributed by atoms with van der Waals surface area (Å²) in [6, 6.07) is 0. The van der Waals surface area contributed by atoms with E-state index in [4.69, 9.17) is 5.11 Å². The molecule has 130 valence electrons. The topological polar surface area (TPSA) is 86.7 Å². The van der Waals surface area contributed by atoms with Crippen molar-refractivity contribution in [2.75, 3.05) is 19.6 Å². The summed E-state index contributed by atoms with van der Waals surface area (Å²) in [7, 11) is 0. The molecule has 3 unspecified atom stereocenters. The fourth-order valence-corrected chi connectivity index (χ4v) is 3.69. The molecule has 2 rings (SSSR count). The average Bonchev–Trinajstić information content (AvgIpc) is 3.05. The van der Waals surface area contributed by atoms with Gasteiger partial charge in [0.25, 0.3) is 0 Å². The molecule has 1 aliphatic heterocycles. The van der Waals surface area contributed by atoms with Crippen molar-refractivity contribution in [1.82, 2.24) is 10.2 Å². The minimum absolute atomic E-state index is 0.0427. The van der Waals surface area contributed by atoms with E-state index in [0.29, 0.717) is 6.54 Å². The maximum Gasteiger partial charge on any atom is 0.303 e. The van der Waals surface area contributed by atoms with Crippen LogP contribution in [0.3, 0.4) is 0 Å². The maximum atomic E-state index is 12.7. The van der Waals surface area contributed by atoms with Gasteiger partial charge in [-0.15, -0.1) is 0 Å². The molecule has 0 spiro atoms. The van der Waals surface area contributed by atoms with Gasteiger partial charge in [0.1, 0.15) is 0 Å². The van der Waals surface area contributed by atoms with Gasteiger partial charge in [0.15, 0.2) is 0 Å². The second-order valence-electron chi connectivity index (χ2n) is 6.98. The Balaban J connectivity index is 1.90. The molecule has 1 heterocycles. The fraction of sp³-hybridized carbons (Fsp3) is 0.824. The van der Waals surface area contributed by atoms with E-state index in [1.54, 1.807) is 0 Å². The first-order chi connectivity index (χ1) is 11.0. The summed E-state index contributed by atoms with van der Waals surface area (Å²) in [5, 5.41) is 11.6. The first-order valence-corrected chi connectivity index (χ1v) is 8.77. The Hall–Kier alpha value is -1.59. The Kier molecular flexibility index (Phi) is 6.42. The third kappa shape index (κ3) is 4.94. The van der Waals surface area contributed by atoms with Gasteiger partial charge in [-0.05, 0) is 31.6 Å². The molecule has 1 saturated heterocycles. The standard InChI is InChI=1S/C17H28N2O4/c1-12(10-15(20)21)11-18-16(22)13-6-2-3-7-14(13)17(23)19-8-4-5-9-19/h12-14H,2-11H2,1H3,(H,18,22)(H,20,21). The lowest BCUT2D eigenvalue weighted by Crippen LogP contribution is -2.45. The predicted octanol–water partition coefficient (Wildman–Crippen LogP) is 1.64. The van der Waals surface area contributed by atoms with Crippen LogP contribution >= 0.6 is 0 Å². The van der Waals surface area contributed by atoms with E-state index in [1.807, 2.05) is 11.8 Å². The second-order valence-corrected chi connectivity index (χ2v) is 6.98. The van der Waals surface area contributed by atoms with Crippen molar-refractivity contribution in [3.63, 3.8) is 0 Å². The van der Waals surface area contributed by atoms with Crippen LogP contribution in [-0.2, 0) is 14.4 Å². The van der Waals surface area contributed by atoms with Crippen LogP contribution in [0.5, 0.6) is 0 Å². The number of carboxylic acids is 1. The van der Waals surface area contributed by atoms with E-state index in [1.165, 1.54) is 0 Å². The molecule has 0 aromatic carbocycles. The third-order valence-corrected chi connectivity index (χ3v) is 4.99. The summed E-state index contributed by atoms with van der Waals surface area (Å²) in [6.07, 6.45) is 5.68. The van der Waals surface area contributed by atoms with Crippen LogP contribution in [-0.4, -0.2) is 47.4 Å². The van der Waals surface area contributed by atoms with Crippen LogP contribution < -0.4 is 5.32 Å². The average molecular weight is 324 g/mol. The fourth-order valence-electron chi connectivity index (χ4n) is 3.69. The van der Waals surface area contributed by atoms with E-state index < -0.39 is 5.97 Å². The molecule has 1 saturated carbocycles. The zero-order chi connectivity index (χ0) is 16.8. The van der Waals surface area contributed by atoms with E-state index >= 15 is 0 Å². The van der Waals surface area contributed by atoms with Gasteiger partial charge >= 0.3 is 5.97 Å². The van der Waals surface area contributed by atoms with Crippen LogP contribution in [0, 0.1) is 17.8 Å². The van der Waals surface area contributed by atoms with Gasteiger partial charge in [-0.1, -0.05) is 19.8 Å². The Bertz CT molecular complexity index is 446. The molecule has 0 aromatic heterocycles. The van der Waals surface area contributed by atoms with Crippen molar-refractivity contribution >= 4 is 17.8 Å². The van der Waals surface area contributed by atoms with Crippen LogP contribution in [0.1, 0.15) is 51.9 Å². The van der Waals surface area contributed by atoms with Gasteiger partial charge in [-0.2, -0.15) is 0 Å². The van der Waals surface area contributed by atoms with Crippen molar-refractivity contribution in [3.05, 3.63) is 0 Å². The number of carboxylic acid groups (broad SMARTS) is 1. The number of carbonyl (C=O) groups is 3. The summed E-state index contributed by atoms with van der Waals surface area (Å²) in [5.74, 6) is -1.36. The van der Waals surface area contributed by atoms with Crippen LogP contribution in [0.25, 0.3) is 0 Å². The van der Waals surface area contributed by atoms with E-state index in [9.17, 15) is 14.4 Å². The molecule has 3 atom stereocenters. The molecular formula is C17H28N2O4. The first kappa shape index (κ1) is 17.8. The lowest BCUT2D eigenvalue weighted by molar-refractivity contribution is -0.143. The molecular weight excluding hydrogens is 296 g/mol. The summed E-state index contributed by atoms with van der Waals surface area (Å²) in [4.78, 5) is 37.7. The van der Waals surface area contributed by atoms with Gasteiger partial charge in [-0.3, -0.25) is 14.4 Å². The Labute approximate surface area is 137 Å². The lowest BCUT2D eigenvalue weighted by atomic mass is 9.77. The third-order valence-electron chi connectivity index (χ3n) is 4.99. The van der Waals surface area contributed by atoms with E-state index in [-0.39, 0.29) is 36.0 Å². The number of amides is 2. The SMILES string of the molecule is CC(CNC(=O)C1CCCCC1C(=O)N1CCCC1)CC(=O)O. The minimum atomic E-state index is -0.855. The number of aliphatic carboxylic acids is 1. The van der Waals surface area contributed by atoms with Gasteiger partial charge in [0.2, 0.25) is 11.8 Å². The second kappa shape index (κ2) is 8.31. The predicted molar refractivity (Wildman–Crippen MR) is 85.7 cm³/mol.